The van der Waals surface area contributed by atoms with Crippen molar-refractivity contribution < 1.29 is 9.84 Å². The smallest absolute Gasteiger partial charge is 0.109 e. The van der Waals surface area contributed by atoms with Gasteiger partial charge in [-0.3, -0.25) is 0 Å². The van der Waals surface area contributed by atoms with Gasteiger partial charge in [0, 0.05) is 10.9 Å². The number of halogens is 1. The molecule has 0 saturated carbocycles. The minimum atomic E-state index is -1.00. The Kier molecular flexibility index (Phi) is 5.53. The van der Waals surface area contributed by atoms with E-state index in [0.717, 1.165) is 15.6 Å². The summed E-state index contributed by atoms with van der Waals surface area (Å²) >= 11 is 3.42. The second-order valence-corrected chi connectivity index (χ2v) is 6.24. The number of rotatable bonds is 6. The molecule has 2 unspecified atom stereocenters. The molecule has 4 heteroatoms. The first-order chi connectivity index (χ1) is 9.97. The van der Waals surface area contributed by atoms with E-state index >= 15 is 0 Å². The fraction of sp³-hybridized carbons (Fsp3) is 0.294. The summed E-state index contributed by atoms with van der Waals surface area (Å²) in [5, 5.41) is 10.5. The van der Waals surface area contributed by atoms with Crippen LogP contribution in [0.2, 0.25) is 0 Å². The van der Waals surface area contributed by atoms with Gasteiger partial charge in [0.2, 0.25) is 0 Å². The van der Waals surface area contributed by atoms with Crippen LogP contribution < -0.4 is 5.73 Å². The summed E-state index contributed by atoms with van der Waals surface area (Å²) in [6.45, 7) is 2.18. The summed E-state index contributed by atoms with van der Waals surface area (Å²) in [5.41, 5.74) is 6.87. The zero-order chi connectivity index (χ0) is 15.3. The molecule has 2 aromatic rings. The van der Waals surface area contributed by atoms with Gasteiger partial charge >= 0.3 is 0 Å². The predicted octanol–water partition coefficient (Wildman–Crippen LogP) is 3.55. The Morgan fingerprint density at radius 2 is 1.90 bits per heavy atom. The summed E-state index contributed by atoms with van der Waals surface area (Å²) in [6.07, 6.45) is -0.190. The maximum atomic E-state index is 10.5. The Bertz CT molecular complexity index is 572. The van der Waals surface area contributed by atoms with Crippen LogP contribution >= 0.6 is 15.9 Å². The van der Waals surface area contributed by atoms with Crippen molar-refractivity contribution in [3.63, 3.8) is 0 Å². The molecule has 0 aliphatic rings. The molecule has 2 rings (SSSR count). The molecule has 3 N–H and O–H groups in total. The molecule has 0 radical (unpaired) electrons. The molecule has 21 heavy (non-hydrogen) atoms. The number of ether oxygens (including phenoxy) is 1. The van der Waals surface area contributed by atoms with E-state index in [1.165, 1.54) is 0 Å². The average molecular weight is 350 g/mol. The van der Waals surface area contributed by atoms with Gasteiger partial charge in [-0.1, -0.05) is 58.4 Å². The molecule has 0 aliphatic heterocycles. The zero-order valence-corrected chi connectivity index (χ0v) is 13.6. The van der Waals surface area contributed by atoms with E-state index < -0.39 is 11.8 Å². The van der Waals surface area contributed by atoms with Gasteiger partial charge in [0.25, 0.3) is 0 Å². The van der Waals surface area contributed by atoms with Crippen LogP contribution in [0.1, 0.15) is 24.5 Å². The minimum absolute atomic E-state index is 0.338. The van der Waals surface area contributed by atoms with Gasteiger partial charge in [0.05, 0.1) is 12.2 Å². The Morgan fingerprint density at radius 1 is 1.19 bits per heavy atom. The molecule has 0 bridgehead atoms. The summed E-state index contributed by atoms with van der Waals surface area (Å²) in [4.78, 5) is 0. The van der Waals surface area contributed by atoms with Gasteiger partial charge in [0.15, 0.2) is 0 Å². The van der Waals surface area contributed by atoms with Crippen LogP contribution in [0.3, 0.4) is 0 Å². The van der Waals surface area contributed by atoms with Crippen molar-refractivity contribution in [3.05, 3.63) is 70.2 Å². The monoisotopic (exact) mass is 349 g/mol. The molecule has 112 valence electrons. The maximum Gasteiger partial charge on any atom is 0.109 e. The van der Waals surface area contributed by atoms with Gasteiger partial charge in [0.1, 0.15) is 6.23 Å². The van der Waals surface area contributed by atoms with Crippen molar-refractivity contribution in [2.75, 3.05) is 0 Å². The van der Waals surface area contributed by atoms with Crippen molar-refractivity contribution in [1.82, 2.24) is 0 Å². The van der Waals surface area contributed by atoms with E-state index in [0.29, 0.717) is 13.0 Å². The van der Waals surface area contributed by atoms with Gasteiger partial charge in [-0.25, -0.2) is 0 Å². The van der Waals surface area contributed by atoms with Crippen molar-refractivity contribution in [3.8, 4) is 0 Å². The Labute approximate surface area is 133 Å². The third kappa shape index (κ3) is 4.93. The normalized spacial score (nSPS) is 15.4. The van der Waals surface area contributed by atoms with Crippen LogP contribution in [-0.2, 0) is 16.9 Å². The van der Waals surface area contributed by atoms with Crippen molar-refractivity contribution in [2.24, 2.45) is 5.73 Å². The minimum Gasteiger partial charge on any atom is -0.385 e. The molecule has 0 heterocycles. The molecular weight excluding hydrogens is 330 g/mol. The lowest BCUT2D eigenvalue weighted by molar-refractivity contribution is -0.0366. The molecule has 0 amide bonds. The third-order valence-electron chi connectivity index (χ3n) is 3.35. The summed E-state index contributed by atoms with van der Waals surface area (Å²) < 4.78 is 6.65. The second-order valence-electron chi connectivity index (χ2n) is 5.32. The standard InChI is InChI=1S/C17H20BrNO2/c1-17(20,14-7-3-2-4-8-14)11-16(19)21-12-13-6-5-9-15(18)10-13/h2-10,16,20H,11-12,19H2,1H3. The molecule has 0 fully saturated rings. The third-order valence-corrected chi connectivity index (χ3v) is 3.84. The molecule has 2 atom stereocenters. The average Bonchev–Trinajstić information content (AvgIpc) is 2.46. The van der Waals surface area contributed by atoms with E-state index in [2.05, 4.69) is 15.9 Å². The van der Waals surface area contributed by atoms with Crippen molar-refractivity contribution in [1.29, 1.82) is 0 Å². The van der Waals surface area contributed by atoms with Gasteiger partial charge in [-0.2, -0.15) is 0 Å². The van der Waals surface area contributed by atoms with Crippen LogP contribution in [-0.4, -0.2) is 11.3 Å². The van der Waals surface area contributed by atoms with Gasteiger partial charge < -0.3 is 15.6 Å². The number of hydrogen-bond acceptors (Lipinski definition) is 3. The van der Waals surface area contributed by atoms with E-state index in [4.69, 9.17) is 10.5 Å². The Hall–Kier alpha value is -1.20. The number of aliphatic hydroxyl groups is 1. The first kappa shape index (κ1) is 16.2. The number of nitrogens with two attached hydrogens (primary N) is 1. The van der Waals surface area contributed by atoms with Crippen LogP contribution in [0.4, 0.5) is 0 Å². The quantitative estimate of drug-likeness (QED) is 0.784. The lowest BCUT2D eigenvalue weighted by atomic mass is 9.92. The van der Waals surface area contributed by atoms with Gasteiger partial charge in [-0.05, 0) is 30.2 Å². The predicted molar refractivity (Wildman–Crippen MR) is 87.5 cm³/mol. The van der Waals surface area contributed by atoms with Crippen LogP contribution in [0.15, 0.2) is 59.1 Å². The van der Waals surface area contributed by atoms with Crippen LogP contribution in [0, 0.1) is 0 Å². The molecule has 0 saturated heterocycles. The summed E-state index contributed by atoms with van der Waals surface area (Å²) in [6, 6.07) is 17.4. The first-order valence-electron chi connectivity index (χ1n) is 6.87. The lowest BCUT2D eigenvalue weighted by Crippen LogP contribution is -2.34. The molecule has 2 aromatic carbocycles. The molecule has 0 aliphatic carbocycles. The number of benzene rings is 2. The first-order valence-corrected chi connectivity index (χ1v) is 7.66. The highest BCUT2D eigenvalue weighted by Gasteiger charge is 2.26. The zero-order valence-electron chi connectivity index (χ0n) is 12.0. The van der Waals surface area contributed by atoms with Crippen LogP contribution in [0.5, 0.6) is 0 Å². The summed E-state index contributed by atoms with van der Waals surface area (Å²) in [5.74, 6) is 0. The van der Waals surface area contributed by atoms with Crippen molar-refractivity contribution >= 4 is 15.9 Å². The highest BCUT2D eigenvalue weighted by Crippen LogP contribution is 2.25. The van der Waals surface area contributed by atoms with E-state index in [9.17, 15) is 5.11 Å². The molecule has 0 spiro atoms. The van der Waals surface area contributed by atoms with E-state index in [-0.39, 0.29) is 0 Å². The lowest BCUT2D eigenvalue weighted by Gasteiger charge is -2.27. The van der Waals surface area contributed by atoms with Crippen LogP contribution in [0.25, 0.3) is 0 Å². The Balaban J connectivity index is 1.91. The van der Waals surface area contributed by atoms with E-state index in [1.807, 2.05) is 54.6 Å². The topological polar surface area (TPSA) is 55.5 Å². The molecular formula is C17H20BrNO2. The maximum absolute atomic E-state index is 10.5. The second kappa shape index (κ2) is 7.18. The largest absolute Gasteiger partial charge is 0.385 e. The fourth-order valence-electron chi connectivity index (χ4n) is 2.20. The van der Waals surface area contributed by atoms with Crippen molar-refractivity contribution in [2.45, 2.75) is 31.8 Å². The fourth-order valence-corrected chi connectivity index (χ4v) is 2.64. The number of hydrogen-bond donors (Lipinski definition) is 2. The molecule has 0 aromatic heterocycles. The summed E-state index contributed by atoms with van der Waals surface area (Å²) in [7, 11) is 0. The highest BCUT2D eigenvalue weighted by atomic mass is 79.9. The van der Waals surface area contributed by atoms with E-state index in [1.54, 1.807) is 6.92 Å². The van der Waals surface area contributed by atoms with Gasteiger partial charge in [-0.15, -0.1) is 0 Å². The SMILES string of the molecule is CC(O)(CC(N)OCc1cccc(Br)c1)c1ccccc1. The Morgan fingerprint density at radius 3 is 2.57 bits per heavy atom. The highest BCUT2D eigenvalue weighted by molar-refractivity contribution is 9.10. The molecule has 3 nitrogen and oxygen atoms in total.